The Bertz CT molecular complexity index is 441. The van der Waals surface area contributed by atoms with Crippen LogP contribution in [0.2, 0.25) is 0 Å². The average Bonchev–Trinajstić information content (AvgIpc) is 3.12. The molecule has 0 aliphatic heterocycles. The predicted octanol–water partition coefficient (Wildman–Crippen LogP) is 3.36. The van der Waals surface area contributed by atoms with Gasteiger partial charge in [-0.3, -0.25) is 5.41 Å². The van der Waals surface area contributed by atoms with Gasteiger partial charge in [0.2, 0.25) is 0 Å². The molecule has 0 heterocycles. The van der Waals surface area contributed by atoms with Gasteiger partial charge in [0.1, 0.15) is 5.84 Å². The van der Waals surface area contributed by atoms with Crippen molar-refractivity contribution in [2.75, 3.05) is 18.0 Å². The average molecular weight is 310 g/mol. The summed E-state index contributed by atoms with van der Waals surface area (Å²) in [5, 5.41) is 7.71. The summed E-state index contributed by atoms with van der Waals surface area (Å²) in [7, 11) is 0. The van der Waals surface area contributed by atoms with Crippen molar-refractivity contribution in [3.63, 3.8) is 0 Å². The summed E-state index contributed by atoms with van der Waals surface area (Å²) in [6.07, 6.45) is 3.78. The fourth-order valence-electron chi connectivity index (χ4n) is 2.19. The highest BCUT2D eigenvalue weighted by molar-refractivity contribution is 9.10. The lowest BCUT2D eigenvalue weighted by atomic mass is 10.1. The molecular formula is C14H20BrN3. The van der Waals surface area contributed by atoms with E-state index in [1.54, 1.807) is 0 Å². The third kappa shape index (κ3) is 3.25. The number of anilines is 1. The summed E-state index contributed by atoms with van der Waals surface area (Å²) < 4.78 is 1.04. The molecule has 0 unspecified atom stereocenters. The Morgan fingerprint density at radius 1 is 1.50 bits per heavy atom. The van der Waals surface area contributed by atoms with E-state index in [1.165, 1.54) is 12.8 Å². The Labute approximate surface area is 117 Å². The van der Waals surface area contributed by atoms with Crippen molar-refractivity contribution in [2.45, 2.75) is 26.2 Å². The van der Waals surface area contributed by atoms with Crippen LogP contribution in [0.25, 0.3) is 0 Å². The van der Waals surface area contributed by atoms with E-state index in [0.29, 0.717) is 0 Å². The van der Waals surface area contributed by atoms with E-state index >= 15 is 0 Å². The zero-order valence-electron chi connectivity index (χ0n) is 10.7. The number of amidine groups is 1. The molecular weight excluding hydrogens is 290 g/mol. The Morgan fingerprint density at radius 2 is 2.22 bits per heavy atom. The van der Waals surface area contributed by atoms with Crippen molar-refractivity contribution >= 4 is 27.5 Å². The SMILES string of the molecule is CCCN(CC1CC1)c1cc(Br)ccc1C(=N)N. The summed E-state index contributed by atoms with van der Waals surface area (Å²) in [4.78, 5) is 2.37. The van der Waals surface area contributed by atoms with E-state index in [9.17, 15) is 0 Å². The van der Waals surface area contributed by atoms with Gasteiger partial charge in [-0.05, 0) is 43.4 Å². The van der Waals surface area contributed by atoms with Gasteiger partial charge in [0.05, 0.1) is 0 Å². The molecule has 0 spiro atoms. The van der Waals surface area contributed by atoms with Gasteiger partial charge in [-0.2, -0.15) is 0 Å². The maximum absolute atomic E-state index is 7.71. The smallest absolute Gasteiger partial charge is 0.124 e. The maximum atomic E-state index is 7.71. The molecule has 1 fully saturated rings. The molecule has 0 amide bonds. The number of nitrogens with two attached hydrogens (primary N) is 1. The molecule has 1 aromatic rings. The second-order valence-corrected chi connectivity index (χ2v) is 5.88. The van der Waals surface area contributed by atoms with Gasteiger partial charge in [0.25, 0.3) is 0 Å². The van der Waals surface area contributed by atoms with E-state index in [-0.39, 0.29) is 5.84 Å². The monoisotopic (exact) mass is 309 g/mol. The minimum absolute atomic E-state index is 0.148. The standard InChI is InChI=1S/C14H20BrN3/c1-2-7-18(9-10-3-4-10)13-8-11(15)5-6-12(13)14(16)17/h5-6,8,10H,2-4,7,9H2,1H3,(H3,16,17). The molecule has 3 N–H and O–H groups in total. The van der Waals surface area contributed by atoms with E-state index < -0.39 is 0 Å². The van der Waals surface area contributed by atoms with Gasteiger partial charge in [0.15, 0.2) is 0 Å². The predicted molar refractivity (Wildman–Crippen MR) is 80.4 cm³/mol. The van der Waals surface area contributed by atoms with E-state index in [0.717, 1.165) is 41.2 Å². The normalized spacial score (nSPS) is 14.6. The van der Waals surface area contributed by atoms with Crippen LogP contribution in [0.5, 0.6) is 0 Å². The molecule has 1 saturated carbocycles. The Kier molecular flexibility index (Phi) is 4.27. The van der Waals surface area contributed by atoms with Gasteiger partial charge in [-0.25, -0.2) is 0 Å². The molecule has 0 radical (unpaired) electrons. The first-order chi connectivity index (χ1) is 8.61. The first-order valence-corrected chi connectivity index (χ1v) is 7.30. The van der Waals surface area contributed by atoms with Crippen LogP contribution in [0.3, 0.4) is 0 Å². The molecule has 0 saturated heterocycles. The molecule has 4 heteroatoms. The fraction of sp³-hybridized carbons (Fsp3) is 0.500. The summed E-state index contributed by atoms with van der Waals surface area (Å²) in [5.74, 6) is 0.977. The van der Waals surface area contributed by atoms with E-state index in [4.69, 9.17) is 11.1 Å². The lowest BCUT2D eigenvalue weighted by Crippen LogP contribution is -2.29. The molecule has 1 aromatic carbocycles. The summed E-state index contributed by atoms with van der Waals surface area (Å²) in [6, 6.07) is 5.95. The molecule has 98 valence electrons. The van der Waals surface area contributed by atoms with Gasteiger partial charge in [-0.1, -0.05) is 22.9 Å². The van der Waals surface area contributed by atoms with Crippen LogP contribution in [-0.2, 0) is 0 Å². The van der Waals surface area contributed by atoms with Gasteiger partial charge in [0, 0.05) is 28.8 Å². The van der Waals surface area contributed by atoms with Crippen LogP contribution >= 0.6 is 15.9 Å². The summed E-state index contributed by atoms with van der Waals surface area (Å²) in [6.45, 7) is 4.29. The van der Waals surface area contributed by atoms with Crippen LogP contribution in [0.15, 0.2) is 22.7 Å². The van der Waals surface area contributed by atoms with E-state index in [2.05, 4.69) is 33.8 Å². The molecule has 0 bridgehead atoms. The number of hydrogen-bond acceptors (Lipinski definition) is 2. The van der Waals surface area contributed by atoms with Crippen LogP contribution in [0.4, 0.5) is 5.69 Å². The zero-order valence-corrected chi connectivity index (χ0v) is 12.3. The number of nitrogens with one attached hydrogen (secondary N) is 1. The lowest BCUT2D eigenvalue weighted by molar-refractivity contribution is 0.707. The highest BCUT2D eigenvalue weighted by atomic mass is 79.9. The minimum atomic E-state index is 0.148. The zero-order chi connectivity index (χ0) is 13.1. The fourth-order valence-corrected chi connectivity index (χ4v) is 2.54. The molecule has 1 aliphatic carbocycles. The second-order valence-electron chi connectivity index (χ2n) is 4.96. The van der Waals surface area contributed by atoms with Crippen molar-refractivity contribution in [1.82, 2.24) is 0 Å². The number of nitrogen functional groups attached to an aromatic ring is 1. The highest BCUT2D eigenvalue weighted by Crippen LogP contribution is 2.33. The minimum Gasteiger partial charge on any atom is -0.384 e. The first kappa shape index (κ1) is 13.4. The van der Waals surface area contributed by atoms with Crippen molar-refractivity contribution in [3.8, 4) is 0 Å². The Morgan fingerprint density at radius 3 is 2.78 bits per heavy atom. The number of nitrogens with zero attached hydrogens (tertiary/aromatic N) is 1. The van der Waals surface area contributed by atoms with E-state index in [1.807, 2.05) is 12.1 Å². The number of rotatable bonds is 6. The molecule has 18 heavy (non-hydrogen) atoms. The van der Waals surface area contributed by atoms with Crippen LogP contribution < -0.4 is 10.6 Å². The largest absolute Gasteiger partial charge is 0.384 e. The Balaban J connectivity index is 2.30. The number of benzene rings is 1. The van der Waals surface area contributed by atoms with Gasteiger partial charge in [-0.15, -0.1) is 0 Å². The number of halogens is 1. The van der Waals surface area contributed by atoms with Crippen LogP contribution in [0, 0.1) is 11.3 Å². The molecule has 1 aliphatic rings. The van der Waals surface area contributed by atoms with Crippen LogP contribution in [-0.4, -0.2) is 18.9 Å². The molecule has 0 aromatic heterocycles. The second kappa shape index (κ2) is 5.74. The number of hydrogen-bond donors (Lipinski definition) is 2. The molecule has 2 rings (SSSR count). The van der Waals surface area contributed by atoms with Crippen molar-refractivity contribution < 1.29 is 0 Å². The lowest BCUT2D eigenvalue weighted by Gasteiger charge is -2.26. The Hall–Kier alpha value is -1.03. The third-order valence-corrected chi connectivity index (χ3v) is 3.75. The van der Waals surface area contributed by atoms with Crippen molar-refractivity contribution in [2.24, 2.45) is 11.7 Å². The summed E-state index contributed by atoms with van der Waals surface area (Å²) >= 11 is 3.51. The quantitative estimate of drug-likeness (QED) is 0.625. The maximum Gasteiger partial charge on any atom is 0.124 e. The van der Waals surface area contributed by atoms with Crippen LogP contribution in [0.1, 0.15) is 31.7 Å². The van der Waals surface area contributed by atoms with Crippen molar-refractivity contribution in [1.29, 1.82) is 5.41 Å². The third-order valence-electron chi connectivity index (χ3n) is 3.26. The molecule has 0 atom stereocenters. The van der Waals surface area contributed by atoms with Gasteiger partial charge >= 0.3 is 0 Å². The van der Waals surface area contributed by atoms with Gasteiger partial charge < -0.3 is 10.6 Å². The van der Waals surface area contributed by atoms with Crippen molar-refractivity contribution in [3.05, 3.63) is 28.2 Å². The topological polar surface area (TPSA) is 53.1 Å². The summed E-state index contributed by atoms with van der Waals surface area (Å²) in [5.41, 5.74) is 7.61. The highest BCUT2D eigenvalue weighted by Gasteiger charge is 2.25. The first-order valence-electron chi connectivity index (χ1n) is 6.50. The molecule has 3 nitrogen and oxygen atoms in total.